The molecule has 2 aromatic rings. The second-order valence-electron chi connectivity index (χ2n) is 15.0. The highest BCUT2D eigenvalue weighted by Crippen LogP contribution is 2.72. The minimum atomic E-state index is -1.85. The summed E-state index contributed by atoms with van der Waals surface area (Å²) in [6.07, 6.45) is 2.75. The molecule has 5 aliphatic rings. The Kier molecular flexibility index (Phi) is 6.38. The van der Waals surface area contributed by atoms with E-state index in [2.05, 4.69) is 25.9 Å². The number of hydrogen-bond donors (Lipinski definition) is 1. The van der Waals surface area contributed by atoms with E-state index in [0.717, 1.165) is 17.6 Å². The lowest BCUT2D eigenvalue weighted by Gasteiger charge is -2.52. The zero-order valence-electron chi connectivity index (χ0n) is 27.0. The van der Waals surface area contributed by atoms with Crippen LogP contribution in [0.3, 0.4) is 0 Å². The van der Waals surface area contributed by atoms with Gasteiger partial charge in [0.05, 0.1) is 30.0 Å². The number of allylic oxidation sites excluding steroid dienone is 1. The van der Waals surface area contributed by atoms with Crippen LogP contribution in [0.4, 0.5) is 0 Å². The van der Waals surface area contributed by atoms with Crippen LogP contribution in [0.25, 0.3) is 0 Å². The first kappa shape index (κ1) is 29.6. The highest BCUT2D eigenvalue weighted by molar-refractivity contribution is 5.96. The van der Waals surface area contributed by atoms with Gasteiger partial charge < -0.3 is 19.3 Å². The molecular weight excluding hydrogens is 556 g/mol. The van der Waals surface area contributed by atoms with Crippen LogP contribution in [-0.2, 0) is 25.5 Å². The third-order valence-electron chi connectivity index (χ3n) is 11.7. The van der Waals surface area contributed by atoms with Crippen molar-refractivity contribution >= 4 is 11.8 Å². The van der Waals surface area contributed by atoms with E-state index in [9.17, 15) is 14.7 Å². The van der Waals surface area contributed by atoms with Crippen LogP contribution < -0.4 is 0 Å². The van der Waals surface area contributed by atoms with Gasteiger partial charge in [-0.15, -0.1) is 0 Å². The van der Waals surface area contributed by atoms with Crippen molar-refractivity contribution in [3.8, 4) is 0 Å². The Bertz CT molecular complexity index is 1620. The Hall–Kier alpha value is -3.07. The molecule has 8 heteroatoms. The number of ketones is 1. The van der Waals surface area contributed by atoms with Gasteiger partial charge in [0.15, 0.2) is 23.3 Å². The van der Waals surface area contributed by atoms with Crippen LogP contribution >= 0.6 is 0 Å². The van der Waals surface area contributed by atoms with Crippen molar-refractivity contribution in [2.45, 2.75) is 92.0 Å². The molecule has 4 aliphatic carbocycles. The van der Waals surface area contributed by atoms with E-state index in [1.165, 1.54) is 0 Å². The molecule has 8 nitrogen and oxygen atoms in total. The second-order valence-corrected chi connectivity index (χ2v) is 15.0. The maximum Gasteiger partial charge on any atom is 0.342 e. The van der Waals surface area contributed by atoms with Gasteiger partial charge in [-0.1, -0.05) is 63.3 Å². The summed E-state index contributed by atoms with van der Waals surface area (Å²) >= 11 is 0. The van der Waals surface area contributed by atoms with Crippen molar-refractivity contribution in [1.29, 1.82) is 0 Å². The molecule has 0 radical (unpaired) electrons. The van der Waals surface area contributed by atoms with Crippen LogP contribution in [0, 0.1) is 48.3 Å². The van der Waals surface area contributed by atoms with E-state index >= 15 is 0 Å². The fourth-order valence-corrected chi connectivity index (χ4v) is 9.37. The molecule has 0 amide bonds. The molecular formula is C36H44N2O6. The van der Waals surface area contributed by atoms with Crippen LogP contribution in [0.1, 0.15) is 75.3 Å². The minimum Gasteiger partial charge on any atom is -0.451 e. The van der Waals surface area contributed by atoms with Crippen LogP contribution in [0.2, 0.25) is 0 Å². The van der Waals surface area contributed by atoms with Gasteiger partial charge in [-0.2, -0.15) is 5.10 Å². The molecule has 44 heavy (non-hydrogen) atoms. The number of Topliss-reactive ketones (excluding diaryl/α,β-unsaturated/α-hetero) is 1. The number of rotatable bonds is 4. The highest BCUT2D eigenvalue weighted by Gasteiger charge is 2.77. The molecule has 1 aromatic heterocycles. The van der Waals surface area contributed by atoms with Gasteiger partial charge in [-0.3, -0.25) is 9.48 Å². The van der Waals surface area contributed by atoms with Crippen molar-refractivity contribution in [2.75, 3.05) is 6.61 Å². The molecule has 7 rings (SSSR count). The largest absolute Gasteiger partial charge is 0.451 e. The molecule has 1 saturated heterocycles. The molecule has 234 valence electrons. The number of aryl methyl sites for hydroxylation is 1. The Morgan fingerprint density at radius 1 is 1.14 bits per heavy atom. The van der Waals surface area contributed by atoms with Gasteiger partial charge in [-0.05, 0) is 80.9 Å². The zero-order chi connectivity index (χ0) is 31.6. The zero-order valence-corrected chi connectivity index (χ0v) is 27.0. The lowest BCUT2D eigenvalue weighted by Crippen LogP contribution is -2.68. The fourth-order valence-electron chi connectivity index (χ4n) is 9.37. The van der Waals surface area contributed by atoms with E-state index in [4.69, 9.17) is 14.2 Å². The average Bonchev–Trinajstić information content (AvgIpc) is 3.30. The number of benzene rings is 1. The maximum absolute atomic E-state index is 14.9. The molecule has 8 atom stereocenters. The summed E-state index contributed by atoms with van der Waals surface area (Å²) in [6, 6.07) is 9.95. The molecule has 2 heterocycles. The normalized spacial score (nSPS) is 37.9. The number of nitrogens with zero attached hydrogens (tertiary/aromatic N) is 2. The molecule has 2 bridgehead atoms. The monoisotopic (exact) mass is 600 g/mol. The summed E-state index contributed by atoms with van der Waals surface area (Å²) in [4.78, 5) is 29.0. The topological polar surface area (TPSA) is 99.9 Å². The number of fused-ring (bicyclic) bond motifs is 5. The minimum absolute atomic E-state index is 0.00479. The second kappa shape index (κ2) is 9.47. The molecule has 1 aromatic carbocycles. The van der Waals surface area contributed by atoms with Gasteiger partial charge in [0.2, 0.25) is 0 Å². The standard InChI is InChI=1S/C36H44N2O6/c1-19-16-35-20(2)14-26-28(33(26,5)6)25(29(35)39)15-24-18-42-34(7,8)44-31(24)36(35,41)30(19)43-32(40)27-21(3)37-38(22(27)4)17-23-12-10-9-11-13-23/h9-13,15-16,20,25-26,28,30-31,41H,14,17-18H2,1-8H3/t20-,25+,26-,28+,30+,31-,35+,36-/m1/s1. The third kappa shape index (κ3) is 3.89. The maximum atomic E-state index is 14.9. The number of carbonyl (C=O) groups excluding carboxylic acids is 2. The SMILES string of the molecule is CC1=C[C@]23C(=O)[C@@H](C=C4COC(C)(C)O[C@H]4[C@]2(O)[C@H]1OC(=O)c1c(C)nn(Cc2ccccc2)c1C)[C@H]1[C@@H](C[C@H]3C)C1(C)C. The molecule has 1 N–H and O–H groups in total. The highest BCUT2D eigenvalue weighted by atomic mass is 16.7. The van der Waals surface area contributed by atoms with Crippen molar-refractivity contribution in [1.82, 2.24) is 9.78 Å². The molecule has 2 saturated carbocycles. The van der Waals surface area contributed by atoms with E-state index in [1.807, 2.05) is 70.2 Å². The third-order valence-corrected chi connectivity index (χ3v) is 11.7. The number of ether oxygens (including phenoxy) is 3. The predicted octanol–water partition coefficient (Wildman–Crippen LogP) is 5.34. The molecule has 1 spiro atoms. The van der Waals surface area contributed by atoms with Gasteiger partial charge in [0.1, 0.15) is 11.7 Å². The average molecular weight is 601 g/mol. The summed E-state index contributed by atoms with van der Waals surface area (Å²) in [5, 5.41) is 18.0. The summed E-state index contributed by atoms with van der Waals surface area (Å²) < 4.78 is 20.8. The molecule has 3 fully saturated rings. The van der Waals surface area contributed by atoms with Crippen LogP contribution in [0.15, 0.2) is 53.6 Å². The lowest BCUT2D eigenvalue weighted by atomic mass is 9.59. The number of esters is 1. The Morgan fingerprint density at radius 3 is 2.55 bits per heavy atom. The first-order valence-electron chi connectivity index (χ1n) is 15.9. The Balaban J connectivity index is 1.31. The van der Waals surface area contributed by atoms with E-state index in [0.29, 0.717) is 35.0 Å². The van der Waals surface area contributed by atoms with Crippen LogP contribution in [0.5, 0.6) is 0 Å². The number of carbonyl (C=O) groups is 2. The van der Waals surface area contributed by atoms with Crippen molar-refractivity contribution in [3.63, 3.8) is 0 Å². The summed E-state index contributed by atoms with van der Waals surface area (Å²) in [5.41, 5.74) is 0.973. The van der Waals surface area contributed by atoms with Gasteiger partial charge in [-0.25, -0.2) is 4.79 Å². The lowest BCUT2D eigenvalue weighted by molar-refractivity contribution is -0.302. The van der Waals surface area contributed by atoms with Crippen LogP contribution in [-0.4, -0.2) is 56.8 Å². The first-order valence-corrected chi connectivity index (χ1v) is 15.9. The van der Waals surface area contributed by atoms with Gasteiger partial charge in [0.25, 0.3) is 0 Å². The fraction of sp³-hybridized carbons (Fsp3) is 0.583. The molecule has 1 aliphatic heterocycles. The first-order chi connectivity index (χ1) is 20.6. The Labute approximate surface area is 259 Å². The van der Waals surface area contributed by atoms with Crippen molar-refractivity contribution in [3.05, 3.63) is 76.1 Å². The van der Waals surface area contributed by atoms with E-state index in [-0.39, 0.29) is 35.6 Å². The van der Waals surface area contributed by atoms with Gasteiger partial charge in [0, 0.05) is 5.92 Å². The quantitative estimate of drug-likeness (QED) is 0.374. The summed E-state index contributed by atoms with van der Waals surface area (Å²) in [5.74, 6) is -1.61. The van der Waals surface area contributed by atoms with Gasteiger partial charge >= 0.3 is 5.97 Å². The molecule has 0 unspecified atom stereocenters. The smallest absolute Gasteiger partial charge is 0.342 e. The van der Waals surface area contributed by atoms with E-state index < -0.39 is 35.0 Å². The number of hydrogen-bond acceptors (Lipinski definition) is 7. The summed E-state index contributed by atoms with van der Waals surface area (Å²) in [6.45, 7) is 16.5. The van der Waals surface area contributed by atoms with Crippen molar-refractivity contribution < 1.29 is 28.9 Å². The summed E-state index contributed by atoms with van der Waals surface area (Å²) in [7, 11) is 0. The van der Waals surface area contributed by atoms with Crippen molar-refractivity contribution in [2.24, 2.45) is 34.5 Å². The van der Waals surface area contributed by atoms with E-state index in [1.54, 1.807) is 11.6 Å². The predicted molar refractivity (Wildman–Crippen MR) is 164 cm³/mol. The number of aliphatic hydroxyl groups is 1. The number of aromatic nitrogens is 2. The Morgan fingerprint density at radius 2 is 1.84 bits per heavy atom.